The molecule has 0 aliphatic rings. The molecule has 0 atom stereocenters. The summed E-state index contributed by atoms with van der Waals surface area (Å²) >= 11 is 0. The Morgan fingerprint density at radius 3 is 2.50 bits per heavy atom. The maximum atomic E-state index is 11.8. The lowest BCUT2D eigenvalue weighted by Gasteiger charge is -2.27. The minimum atomic E-state index is -0.00740. The maximum absolute atomic E-state index is 11.8. The molecule has 0 saturated heterocycles. The van der Waals surface area contributed by atoms with Gasteiger partial charge in [-0.05, 0) is 12.5 Å². The first-order chi connectivity index (χ1) is 8.60. The summed E-state index contributed by atoms with van der Waals surface area (Å²) in [4.78, 5) is 15.4. The van der Waals surface area contributed by atoms with Gasteiger partial charge in [0.05, 0.1) is 13.2 Å². The average Bonchev–Trinajstić information content (AvgIpc) is 2.38. The molecule has 1 rings (SSSR count). The second-order valence-electron chi connectivity index (χ2n) is 4.50. The third kappa shape index (κ3) is 3.74. The fourth-order valence-corrected chi connectivity index (χ4v) is 1.81. The molecule has 1 amide bonds. The number of benzene rings is 1. The molecule has 0 aliphatic heterocycles. The van der Waals surface area contributed by atoms with Gasteiger partial charge >= 0.3 is 0 Å². The SMILES string of the molecule is CCCN(CC(=O)N(C)C)c1ccccc1CO. The normalized spacial score (nSPS) is 10.2. The molecule has 1 aromatic rings. The first kappa shape index (κ1) is 14.5. The highest BCUT2D eigenvalue weighted by Crippen LogP contribution is 2.20. The monoisotopic (exact) mass is 250 g/mol. The highest BCUT2D eigenvalue weighted by Gasteiger charge is 2.14. The minimum Gasteiger partial charge on any atom is -0.392 e. The van der Waals surface area contributed by atoms with E-state index in [1.165, 1.54) is 0 Å². The van der Waals surface area contributed by atoms with Crippen molar-refractivity contribution in [2.24, 2.45) is 0 Å². The maximum Gasteiger partial charge on any atom is 0.241 e. The molecule has 4 heteroatoms. The van der Waals surface area contributed by atoms with E-state index < -0.39 is 0 Å². The Balaban J connectivity index is 2.93. The van der Waals surface area contributed by atoms with Crippen molar-refractivity contribution in [3.05, 3.63) is 29.8 Å². The van der Waals surface area contributed by atoms with Gasteiger partial charge in [0.15, 0.2) is 0 Å². The molecule has 4 nitrogen and oxygen atoms in total. The average molecular weight is 250 g/mol. The van der Waals surface area contributed by atoms with Gasteiger partial charge in [-0.15, -0.1) is 0 Å². The van der Waals surface area contributed by atoms with Crippen LogP contribution < -0.4 is 4.90 Å². The van der Waals surface area contributed by atoms with Crippen molar-refractivity contribution in [2.75, 3.05) is 32.1 Å². The second-order valence-corrected chi connectivity index (χ2v) is 4.50. The molecule has 100 valence electrons. The molecule has 1 N–H and O–H groups in total. The van der Waals surface area contributed by atoms with Crippen LogP contribution in [0.3, 0.4) is 0 Å². The molecule has 18 heavy (non-hydrogen) atoms. The number of aliphatic hydroxyl groups is 1. The van der Waals surface area contributed by atoms with E-state index in [1.54, 1.807) is 19.0 Å². The minimum absolute atomic E-state index is 0.00740. The van der Waals surface area contributed by atoms with Crippen LogP contribution in [0.2, 0.25) is 0 Å². The van der Waals surface area contributed by atoms with E-state index in [0.717, 1.165) is 24.2 Å². The fourth-order valence-electron chi connectivity index (χ4n) is 1.81. The number of nitrogens with zero attached hydrogens (tertiary/aromatic N) is 2. The van der Waals surface area contributed by atoms with Crippen molar-refractivity contribution in [3.63, 3.8) is 0 Å². The van der Waals surface area contributed by atoms with Gasteiger partial charge in [-0.2, -0.15) is 0 Å². The van der Waals surface area contributed by atoms with Crippen LogP contribution in [0.4, 0.5) is 5.69 Å². The van der Waals surface area contributed by atoms with E-state index >= 15 is 0 Å². The Morgan fingerprint density at radius 1 is 1.28 bits per heavy atom. The zero-order valence-electron chi connectivity index (χ0n) is 11.4. The van der Waals surface area contributed by atoms with Crippen LogP contribution in [0.5, 0.6) is 0 Å². The molecular weight excluding hydrogens is 228 g/mol. The van der Waals surface area contributed by atoms with Gasteiger partial charge in [-0.1, -0.05) is 25.1 Å². The molecule has 0 fully saturated rings. The smallest absolute Gasteiger partial charge is 0.241 e. The van der Waals surface area contributed by atoms with Gasteiger partial charge in [0.25, 0.3) is 0 Å². The Labute approximate surface area is 109 Å². The third-order valence-corrected chi connectivity index (χ3v) is 2.82. The van der Waals surface area contributed by atoms with E-state index in [-0.39, 0.29) is 12.5 Å². The molecule has 0 aromatic heterocycles. The topological polar surface area (TPSA) is 43.8 Å². The van der Waals surface area contributed by atoms with Gasteiger partial charge in [0.1, 0.15) is 0 Å². The van der Waals surface area contributed by atoms with Gasteiger partial charge in [-0.3, -0.25) is 4.79 Å². The first-order valence-electron chi connectivity index (χ1n) is 6.24. The van der Waals surface area contributed by atoms with Gasteiger partial charge in [0, 0.05) is 31.9 Å². The Hall–Kier alpha value is -1.55. The van der Waals surface area contributed by atoms with E-state index in [4.69, 9.17) is 0 Å². The van der Waals surface area contributed by atoms with Crippen LogP contribution in [-0.4, -0.2) is 43.1 Å². The molecule has 0 saturated carbocycles. The van der Waals surface area contributed by atoms with Crippen LogP contribution in [-0.2, 0) is 11.4 Å². The summed E-state index contributed by atoms with van der Waals surface area (Å²) in [5, 5.41) is 9.36. The molecule has 0 aliphatic carbocycles. The van der Waals surface area contributed by atoms with Crippen molar-refractivity contribution in [1.29, 1.82) is 0 Å². The number of carbonyl (C=O) groups is 1. The van der Waals surface area contributed by atoms with Crippen LogP contribution in [0.25, 0.3) is 0 Å². The highest BCUT2D eigenvalue weighted by atomic mass is 16.3. The molecular formula is C14H22N2O2. The standard InChI is InChI=1S/C14H22N2O2/c1-4-9-16(10-14(18)15(2)3)13-8-6-5-7-12(13)11-17/h5-8,17H,4,9-11H2,1-3H3. The quantitative estimate of drug-likeness (QED) is 0.831. The van der Waals surface area contributed by atoms with E-state index in [2.05, 4.69) is 6.92 Å². The lowest BCUT2D eigenvalue weighted by atomic mass is 10.1. The van der Waals surface area contributed by atoms with Crippen molar-refractivity contribution in [2.45, 2.75) is 20.0 Å². The Bertz CT molecular complexity index is 391. The van der Waals surface area contributed by atoms with Crippen LogP contribution >= 0.6 is 0 Å². The van der Waals surface area contributed by atoms with Crippen LogP contribution in [0, 0.1) is 0 Å². The van der Waals surface area contributed by atoms with E-state index in [0.29, 0.717) is 6.54 Å². The summed E-state index contributed by atoms with van der Waals surface area (Å²) in [6, 6.07) is 7.66. The number of hydrogen-bond acceptors (Lipinski definition) is 3. The largest absolute Gasteiger partial charge is 0.392 e. The predicted molar refractivity (Wildman–Crippen MR) is 73.6 cm³/mol. The van der Waals surface area contributed by atoms with Crippen molar-refractivity contribution >= 4 is 11.6 Å². The van der Waals surface area contributed by atoms with Gasteiger partial charge in [0.2, 0.25) is 5.91 Å². The molecule has 0 spiro atoms. The number of carbonyl (C=O) groups excluding carboxylic acids is 1. The summed E-state index contributed by atoms with van der Waals surface area (Å²) in [5.41, 5.74) is 1.80. The van der Waals surface area contributed by atoms with Crippen molar-refractivity contribution in [1.82, 2.24) is 4.90 Å². The predicted octanol–water partition coefficient (Wildman–Crippen LogP) is 1.48. The van der Waals surface area contributed by atoms with Crippen LogP contribution in [0.1, 0.15) is 18.9 Å². The van der Waals surface area contributed by atoms with Crippen molar-refractivity contribution < 1.29 is 9.90 Å². The molecule has 0 unspecified atom stereocenters. The van der Waals surface area contributed by atoms with E-state index in [1.807, 2.05) is 29.2 Å². The van der Waals surface area contributed by atoms with Crippen molar-refractivity contribution in [3.8, 4) is 0 Å². The zero-order valence-corrected chi connectivity index (χ0v) is 11.4. The number of para-hydroxylation sites is 1. The number of aliphatic hydroxyl groups excluding tert-OH is 1. The molecule has 0 bridgehead atoms. The molecule has 0 radical (unpaired) electrons. The highest BCUT2D eigenvalue weighted by molar-refractivity contribution is 5.81. The van der Waals surface area contributed by atoms with E-state index in [9.17, 15) is 9.90 Å². The summed E-state index contributed by atoms with van der Waals surface area (Å²) in [7, 11) is 3.51. The summed E-state index contributed by atoms with van der Waals surface area (Å²) in [5.74, 6) is 0.0659. The van der Waals surface area contributed by atoms with Gasteiger partial charge in [-0.25, -0.2) is 0 Å². The number of hydrogen-bond donors (Lipinski definition) is 1. The number of likely N-dealkylation sites (N-methyl/N-ethyl adjacent to an activating group) is 1. The van der Waals surface area contributed by atoms with Gasteiger partial charge < -0.3 is 14.9 Å². The number of rotatable bonds is 6. The Kier molecular flexibility index (Phi) is 5.65. The fraction of sp³-hybridized carbons (Fsp3) is 0.500. The Morgan fingerprint density at radius 2 is 1.94 bits per heavy atom. The summed E-state index contributed by atoms with van der Waals surface area (Å²) < 4.78 is 0. The number of anilines is 1. The summed E-state index contributed by atoms with van der Waals surface area (Å²) in [6.45, 7) is 3.22. The second kappa shape index (κ2) is 7.01. The third-order valence-electron chi connectivity index (χ3n) is 2.82. The van der Waals surface area contributed by atoms with Crippen LogP contribution in [0.15, 0.2) is 24.3 Å². The molecule has 0 heterocycles. The zero-order chi connectivity index (χ0) is 13.5. The lowest BCUT2D eigenvalue weighted by Crippen LogP contribution is -2.37. The summed E-state index contributed by atoms with van der Waals surface area (Å²) in [6.07, 6.45) is 0.959. The number of amides is 1. The lowest BCUT2D eigenvalue weighted by molar-refractivity contribution is -0.127. The first-order valence-corrected chi connectivity index (χ1v) is 6.24. The molecule has 1 aromatic carbocycles.